The van der Waals surface area contributed by atoms with Gasteiger partial charge in [0.2, 0.25) is 0 Å². The van der Waals surface area contributed by atoms with Crippen LogP contribution in [-0.2, 0) is 0 Å². The van der Waals surface area contributed by atoms with Gasteiger partial charge in [0.15, 0.2) is 8.68 Å². The number of nitrogens with zero attached hydrogens (tertiary/aromatic N) is 2. The molecule has 0 amide bonds. The molecule has 3 nitrogen and oxygen atoms in total. The first-order chi connectivity index (χ1) is 7.72. The Kier molecular flexibility index (Phi) is 7.44. The van der Waals surface area contributed by atoms with Crippen molar-refractivity contribution in [2.24, 2.45) is 5.92 Å². The number of thioether (sulfide) groups is 2. The fourth-order valence-electron chi connectivity index (χ4n) is 1.09. The Labute approximate surface area is 110 Å². The quantitative estimate of drug-likeness (QED) is 0.584. The van der Waals surface area contributed by atoms with Crippen molar-refractivity contribution in [3.8, 4) is 0 Å². The molecule has 6 heteroatoms. The van der Waals surface area contributed by atoms with Crippen molar-refractivity contribution in [1.29, 1.82) is 0 Å². The Morgan fingerprint density at radius 2 is 2.06 bits per heavy atom. The molecule has 0 aliphatic rings. The lowest BCUT2D eigenvalue weighted by molar-refractivity contribution is 0.552. The van der Waals surface area contributed by atoms with Gasteiger partial charge in [0, 0.05) is 5.75 Å². The first kappa shape index (κ1) is 14.3. The van der Waals surface area contributed by atoms with E-state index in [1.807, 2.05) is 18.0 Å². The van der Waals surface area contributed by atoms with Crippen LogP contribution in [0, 0.1) is 5.92 Å². The van der Waals surface area contributed by atoms with E-state index in [1.54, 1.807) is 23.1 Å². The molecule has 0 radical (unpaired) electrons. The zero-order valence-corrected chi connectivity index (χ0v) is 12.5. The molecule has 16 heavy (non-hydrogen) atoms. The molecule has 1 N–H and O–H groups in total. The minimum atomic E-state index is 0.736. The second-order valence-electron chi connectivity index (χ2n) is 3.84. The SMILES string of the molecule is CSc1nnc(SCCCNCC(C)C)s1. The average Bonchev–Trinajstić information content (AvgIpc) is 2.70. The summed E-state index contributed by atoms with van der Waals surface area (Å²) in [5.74, 6) is 1.86. The Bertz CT molecular complexity index is 289. The van der Waals surface area contributed by atoms with Gasteiger partial charge < -0.3 is 5.32 Å². The molecule has 0 aliphatic carbocycles. The maximum absolute atomic E-state index is 4.12. The average molecular weight is 277 g/mol. The Morgan fingerprint density at radius 3 is 2.69 bits per heavy atom. The summed E-state index contributed by atoms with van der Waals surface area (Å²) in [5.41, 5.74) is 0. The first-order valence-corrected chi connectivity index (χ1v) is 8.46. The fourth-order valence-corrected chi connectivity index (χ4v) is 3.53. The van der Waals surface area contributed by atoms with Gasteiger partial charge in [-0.1, -0.05) is 48.7 Å². The fraction of sp³-hybridized carbons (Fsp3) is 0.800. The summed E-state index contributed by atoms with van der Waals surface area (Å²) in [6.07, 6.45) is 3.22. The lowest BCUT2D eigenvalue weighted by Gasteiger charge is -2.05. The lowest BCUT2D eigenvalue weighted by atomic mass is 10.2. The molecule has 0 aliphatic heterocycles. The van der Waals surface area contributed by atoms with Crippen molar-refractivity contribution in [2.45, 2.75) is 28.9 Å². The van der Waals surface area contributed by atoms with Gasteiger partial charge in [-0.25, -0.2) is 0 Å². The van der Waals surface area contributed by atoms with E-state index in [1.165, 1.54) is 6.42 Å². The van der Waals surface area contributed by atoms with Crippen molar-refractivity contribution in [1.82, 2.24) is 15.5 Å². The number of aromatic nitrogens is 2. The molecule has 1 aromatic heterocycles. The minimum absolute atomic E-state index is 0.736. The molecule has 0 aromatic carbocycles. The summed E-state index contributed by atoms with van der Waals surface area (Å²) in [5, 5.41) is 11.6. The second kappa shape index (κ2) is 8.33. The molecule has 0 unspecified atom stereocenters. The van der Waals surface area contributed by atoms with Gasteiger partial charge in [-0.3, -0.25) is 0 Å². The van der Waals surface area contributed by atoms with Crippen molar-refractivity contribution in [3.63, 3.8) is 0 Å². The molecule has 0 bridgehead atoms. The lowest BCUT2D eigenvalue weighted by Crippen LogP contribution is -2.21. The van der Waals surface area contributed by atoms with Crippen LogP contribution < -0.4 is 5.32 Å². The second-order valence-corrected chi connectivity index (χ2v) is 7.21. The van der Waals surface area contributed by atoms with Crippen LogP contribution in [0.2, 0.25) is 0 Å². The van der Waals surface area contributed by atoms with Crippen molar-refractivity contribution >= 4 is 34.9 Å². The van der Waals surface area contributed by atoms with Crippen LogP contribution in [0.15, 0.2) is 8.68 Å². The molecule has 0 atom stereocenters. The molecule has 0 fully saturated rings. The van der Waals surface area contributed by atoms with Gasteiger partial charge in [-0.2, -0.15) is 0 Å². The van der Waals surface area contributed by atoms with E-state index < -0.39 is 0 Å². The smallest absolute Gasteiger partial charge is 0.175 e. The standard InChI is InChI=1S/C10H19N3S3/c1-8(2)7-11-5-4-6-15-10-13-12-9(14-3)16-10/h8,11H,4-7H2,1-3H3. The molecule has 0 spiro atoms. The van der Waals surface area contributed by atoms with Gasteiger partial charge in [-0.05, 0) is 31.7 Å². The molecule has 1 rings (SSSR count). The molecule has 1 heterocycles. The highest BCUT2D eigenvalue weighted by Crippen LogP contribution is 2.27. The maximum atomic E-state index is 4.12. The number of nitrogens with one attached hydrogen (secondary N) is 1. The van der Waals surface area contributed by atoms with E-state index in [2.05, 4.69) is 29.4 Å². The van der Waals surface area contributed by atoms with Crippen LogP contribution in [-0.4, -0.2) is 35.3 Å². The molecule has 0 saturated carbocycles. The van der Waals surface area contributed by atoms with E-state index in [9.17, 15) is 0 Å². The highest BCUT2D eigenvalue weighted by molar-refractivity contribution is 8.02. The van der Waals surface area contributed by atoms with Gasteiger partial charge in [0.25, 0.3) is 0 Å². The van der Waals surface area contributed by atoms with Crippen LogP contribution in [0.5, 0.6) is 0 Å². The number of rotatable bonds is 8. The molecule has 0 saturated heterocycles. The van der Waals surface area contributed by atoms with Gasteiger partial charge >= 0.3 is 0 Å². The zero-order valence-electron chi connectivity index (χ0n) is 10.0. The summed E-state index contributed by atoms with van der Waals surface area (Å²) in [6.45, 7) is 6.67. The van der Waals surface area contributed by atoms with E-state index in [0.29, 0.717) is 0 Å². The molecule has 1 aromatic rings. The maximum Gasteiger partial charge on any atom is 0.175 e. The topological polar surface area (TPSA) is 37.8 Å². The summed E-state index contributed by atoms with van der Waals surface area (Å²) >= 11 is 5.15. The third-order valence-electron chi connectivity index (χ3n) is 1.84. The van der Waals surface area contributed by atoms with Gasteiger partial charge in [0.1, 0.15) is 0 Å². The minimum Gasteiger partial charge on any atom is -0.316 e. The van der Waals surface area contributed by atoms with Crippen molar-refractivity contribution in [3.05, 3.63) is 0 Å². The van der Waals surface area contributed by atoms with Crippen LogP contribution >= 0.6 is 34.9 Å². The monoisotopic (exact) mass is 277 g/mol. The largest absolute Gasteiger partial charge is 0.316 e. The molecular formula is C10H19N3S3. The predicted molar refractivity (Wildman–Crippen MR) is 74.7 cm³/mol. The summed E-state index contributed by atoms with van der Waals surface area (Å²) in [4.78, 5) is 0. The number of hydrogen-bond acceptors (Lipinski definition) is 6. The highest BCUT2D eigenvalue weighted by Gasteiger charge is 2.02. The number of hydrogen-bond donors (Lipinski definition) is 1. The third-order valence-corrected chi connectivity index (χ3v) is 4.96. The Hall–Kier alpha value is 0.220. The Balaban J connectivity index is 2.02. The van der Waals surface area contributed by atoms with E-state index in [-0.39, 0.29) is 0 Å². The van der Waals surface area contributed by atoms with Crippen molar-refractivity contribution in [2.75, 3.05) is 25.1 Å². The zero-order chi connectivity index (χ0) is 11.8. The first-order valence-electron chi connectivity index (χ1n) is 5.43. The van der Waals surface area contributed by atoms with Gasteiger partial charge in [-0.15, -0.1) is 10.2 Å². The Morgan fingerprint density at radius 1 is 1.31 bits per heavy atom. The summed E-state index contributed by atoms with van der Waals surface area (Å²) in [6, 6.07) is 0. The van der Waals surface area contributed by atoms with E-state index in [0.717, 1.165) is 33.4 Å². The van der Waals surface area contributed by atoms with Crippen LogP contribution in [0.25, 0.3) is 0 Å². The van der Waals surface area contributed by atoms with E-state index in [4.69, 9.17) is 0 Å². The van der Waals surface area contributed by atoms with Gasteiger partial charge in [0.05, 0.1) is 0 Å². The van der Waals surface area contributed by atoms with Crippen LogP contribution in [0.3, 0.4) is 0 Å². The summed E-state index contributed by atoms with van der Waals surface area (Å²) < 4.78 is 2.15. The third kappa shape index (κ3) is 6.08. The normalized spacial score (nSPS) is 11.2. The highest BCUT2D eigenvalue weighted by atomic mass is 32.2. The van der Waals surface area contributed by atoms with Crippen LogP contribution in [0.1, 0.15) is 20.3 Å². The van der Waals surface area contributed by atoms with Crippen LogP contribution in [0.4, 0.5) is 0 Å². The molecular weight excluding hydrogens is 258 g/mol. The molecule has 92 valence electrons. The van der Waals surface area contributed by atoms with Crippen molar-refractivity contribution < 1.29 is 0 Å². The predicted octanol–water partition coefficient (Wildman–Crippen LogP) is 2.99. The summed E-state index contributed by atoms with van der Waals surface area (Å²) in [7, 11) is 0. The van der Waals surface area contributed by atoms with E-state index >= 15 is 0 Å².